The quantitative estimate of drug-likeness (QED) is 0.682. The Morgan fingerprint density at radius 3 is 2.65 bits per heavy atom. The van der Waals surface area contributed by atoms with E-state index < -0.39 is 0 Å². The fourth-order valence-corrected chi connectivity index (χ4v) is 1.92. The van der Waals surface area contributed by atoms with Crippen molar-refractivity contribution in [3.8, 4) is 5.75 Å². The number of phenolic OH excluding ortho intramolecular Hbond substituents is 1. The van der Waals surface area contributed by atoms with Gasteiger partial charge in [-0.15, -0.1) is 0 Å². The number of aromatic hydroxyl groups is 1. The lowest BCUT2D eigenvalue weighted by Crippen LogP contribution is -2.00. The summed E-state index contributed by atoms with van der Waals surface area (Å²) >= 11 is 0. The second-order valence-corrected chi connectivity index (χ2v) is 4.49. The van der Waals surface area contributed by atoms with Gasteiger partial charge in [-0.1, -0.05) is 30.4 Å². The first-order valence-electron chi connectivity index (χ1n) is 6.26. The van der Waals surface area contributed by atoms with Crippen molar-refractivity contribution in [3.05, 3.63) is 64.7 Å². The molecule has 0 bridgehead atoms. The molecule has 1 N–H and O–H groups in total. The van der Waals surface area contributed by atoms with E-state index in [9.17, 15) is 9.90 Å². The van der Waals surface area contributed by atoms with Crippen LogP contribution in [0.2, 0.25) is 0 Å². The van der Waals surface area contributed by atoms with Crippen LogP contribution in [0.3, 0.4) is 0 Å². The van der Waals surface area contributed by atoms with Crippen LogP contribution in [0.25, 0.3) is 12.2 Å². The largest absolute Gasteiger partial charge is 0.508 e. The zero-order valence-corrected chi connectivity index (χ0v) is 11.5. The van der Waals surface area contributed by atoms with Gasteiger partial charge in [-0.2, -0.15) is 0 Å². The second-order valence-electron chi connectivity index (χ2n) is 4.49. The summed E-state index contributed by atoms with van der Waals surface area (Å²) in [5, 5.41) is 9.37. The van der Waals surface area contributed by atoms with E-state index in [1.54, 1.807) is 24.3 Å². The molecule has 0 spiro atoms. The molecule has 0 aromatic heterocycles. The Bertz CT molecular complexity index is 657. The Balaban J connectivity index is 2.25. The molecular weight excluding hydrogens is 252 g/mol. The summed E-state index contributed by atoms with van der Waals surface area (Å²) in [4.78, 5) is 11.5. The first-order valence-corrected chi connectivity index (χ1v) is 6.26. The van der Waals surface area contributed by atoms with Gasteiger partial charge in [0.2, 0.25) is 0 Å². The lowest BCUT2D eigenvalue weighted by molar-refractivity contribution is 0.0600. The number of esters is 1. The third-order valence-corrected chi connectivity index (χ3v) is 3.02. The van der Waals surface area contributed by atoms with Crippen molar-refractivity contribution in [2.45, 2.75) is 6.92 Å². The first kappa shape index (κ1) is 13.9. The molecule has 0 heterocycles. The van der Waals surface area contributed by atoms with Crippen molar-refractivity contribution in [1.29, 1.82) is 0 Å². The molecule has 0 amide bonds. The van der Waals surface area contributed by atoms with Crippen molar-refractivity contribution in [2.75, 3.05) is 7.11 Å². The summed E-state index contributed by atoms with van der Waals surface area (Å²) in [5.41, 5.74) is 3.45. The number of hydrogen-bond acceptors (Lipinski definition) is 3. The topological polar surface area (TPSA) is 46.5 Å². The van der Waals surface area contributed by atoms with Gasteiger partial charge in [-0.05, 0) is 47.9 Å². The lowest BCUT2D eigenvalue weighted by atomic mass is 10.1. The molecule has 2 aromatic rings. The molecule has 0 atom stereocenters. The number of carbonyl (C=O) groups is 1. The Kier molecular flexibility index (Phi) is 4.20. The number of aryl methyl sites for hydroxylation is 1. The Labute approximate surface area is 118 Å². The van der Waals surface area contributed by atoms with Gasteiger partial charge in [0.25, 0.3) is 0 Å². The van der Waals surface area contributed by atoms with E-state index in [4.69, 9.17) is 4.74 Å². The van der Waals surface area contributed by atoms with Crippen LogP contribution < -0.4 is 0 Å². The molecule has 0 aliphatic carbocycles. The minimum absolute atomic E-state index is 0.257. The monoisotopic (exact) mass is 268 g/mol. The lowest BCUT2D eigenvalue weighted by Gasteiger charge is -2.02. The second kappa shape index (κ2) is 6.06. The van der Waals surface area contributed by atoms with Crippen molar-refractivity contribution in [3.63, 3.8) is 0 Å². The summed E-state index contributed by atoms with van der Waals surface area (Å²) in [7, 11) is 1.37. The molecule has 3 heteroatoms. The molecule has 0 saturated carbocycles. The molecule has 2 aromatic carbocycles. The van der Waals surface area contributed by atoms with Gasteiger partial charge in [0.15, 0.2) is 0 Å². The number of ether oxygens (including phenoxy) is 1. The molecule has 0 aliphatic rings. The van der Waals surface area contributed by atoms with E-state index in [2.05, 4.69) is 0 Å². The minimum Gasteiger partial charge on any atom is -0.508 e. The Morgan fingerprint density at radius 2 is 1.95 bits per heavy atom. The van der Waals surface area contributed by atoms with E-state index in [-0.39, 0.29) is 11.7 Å². The number of rotatable bonds is 3. The van der Waals surface area contributed by atoms with Crippen LogP contribution in [0.1, 0.15) is 27.0 Å². The number of benzene rings is 2. The summed E-state index contributed by atoms with van der Waals surface area (Å²) in [6.45, 7) is 1.93. The van der Waals surface area contributed by atoms with Crippen molar-refractivity contribution in [2.24, 2.45) is 0 Å². The summed E-state index contributed by atoms with van der Waals surface area (Å²) < 4.78 is 4.70. The van der Waals surface area contributed by atoms with E-state index in [0.717, 1.165) is 16.7 Å². The summed E-state index contributed by atoms with van der Waals surface area (Å²) in [5.74, 6) is -0.0894. The Hall–Kier alpha value is -2.55. The van der Waals surface area contributed by atoms with Gasteiger partial charge < -0.3 is 9.84 Å². The van der Waals surface area contributed by atoms with Gasteiger partial charge in [0.1, 0.15) is 5.75 Å². The predicted octanol–water partition coefficient (Wildman–Crippen LogP) is 3.66. The average Bonchev–Trinajstić information content (AvgIpc) is 2.46. The highest BCUT2D eigenvalue weighted by atomic mass is 16.5. The molecule has 2 rings (SSSR count). The zero-order chi connectivity index (χ0) is 14.5. The van der Waals surface area contributed by atoms with Crippen LogP contribution in [0, 0.1) is 6.92 Å². The molecule has 20 heavy (non-hydrogen) atoms. The normalized spacial score (nSPS) is 10.7. The van der Waals surface area contributed by atoms with Crippen LogP contribution >= 0.6 is 0 Å². The highest BCUT2D eigenvalue weighted by Gasteiger charge is 2.04. The fraction of sp³-hybridized carbons (Fsp3) is 0.118. The highest BCUT2D eigenvalue weighted by molar-refractivity contribution is 5.90. The molecule has 0 radical (unpaired) electrons. The molecule has 0 fully saturated rings. The van der Waals surface area contributed by atoms with Crippen molar-refractivity contribution in [1.82, 2.24) is 0 Å². The SMILES string of the molecule is COC(=O)c1cccc(C=Cc2ccc(O)cc2C)c1. The van der Waals surface area contributed by atoms with Gasteiger partial charge >= 0.3 is 5.97 Å². The molecular formula is C17H16O3. The summed E-state index contributed by atoms with van der Waals surface area (Å²) in [6, 6.07) is 12.4. The van der Waals surface area contributed by atoms with E-state index in [1.165, 1.54) is 7.11 Å². The van der Waals surface area contributed by atoms with Crippen LogP contribution in [0.4, 0.5) is 0 Å². The maximum absolute atomic E-state index is 11.5. The van der Waals surface area contributed by atoms with Crippen LogP contribution in [-0.4, -0.2) is 18.2 Å². The van der Waals surface area contributed by atoms with E-state index in [1.807, 2.05) is 37.3 Å². The average molecular weight is 268 g/mol. The molecule has 0 aliphatic heterocycles. The van der Waals surface area contributed by atoms with Crippen LogP contribution in [-0.2, 0) is 4.74 Å². The standard InChI is InChI=1S/C17H16O3/c1-12-10-16(18)9-8-14(12)7-6-13-4-3-5-15(11-13)17(19)20-2/h3-11,18H,1-2H3. The maximum Gasteiger partial charge on any atom is 0.337 e. The van der Waals surface area contributed by atoms with Crippen molar-refractivity contribution < 1.29 is 14.6 Å². The number of hydrogen-bond donors (Lipinski definition) is 1. The van der Waals surface area contributed by atoms with Crippen molar-refractivity contribution >= 4 is 18.1 Å². The molecule has 3 nitrogen and oxygen atoms in total. The van der Waals surface area contributed by atoms with E-state index >= 15 is 0 Å². The molecule has 0 unspecified atom stereocenters. The van der Waals surface area contributed by atoms with E-state index in [0.29, 0.717) is 5.56 Å². The Morgan fingerprint density at radius 1 is 1.15 bits per heavy atom. The van der Waals surface area contributed by atoms with Crippen LogP contribution in [0.15, 0.2) is 42.5 Å². The number of methoxy groups -OCH3 is 1. The smallest absolute Gasteiger partial charge is 0.337 e. The number of phenols is 1. The first-order chi connectivity index (χ1) is 9.60. The predicted molar refractivity (Wildman–Crippen MR) is 79.6 cm³/mol. The van der Waals surface area contributed by atoms with Crippen LogP contribution in [0.5, 0.6) is 5.75 Å². The maximum atomic E-state index is 11.5. The minimum atomic E-state index is -0.346. The fourth-order valence-electron chi connectivity index (χ4n) is 1.92. The zero-order valence-electron chi connectivity index (χ0n) is 11.5. The highest BCUT2D eigenvalue weighted by Crippen LogP contribution is 2.18. The molecule has 0 saturated heterocycles. The number of carbonyl (C=O) groups excluding carboxylic acids is 1. The van der Waals surface area contributed by atoms with Gasteiger partial charge in [-0.3, -0.25) is 0 Å². The van der Waals surface area contributed by atoms with Gasteiger partial charge in [0.05, 0.1) is 12.7 Å². The third-order valence-electron chi connectivity index (χ3n) is 3.02. The summed E-state index contributed by atoms with van der Waals surface area (Å²) in [6.07, 6.45) is 3.87. The van der Waals surface area contributed by atoms with Gasteiger partial charge in [-0.25, -0.2) is 4.79 Å². The van der Waals surface area contributed by atoms with Gasteiger partial charge in [0, 0.05) is 0 Å². The molecule has 102 valence electrons. The third kappa shape index (κ3) is 3.26.